The summed E-state index contributed by atoms with van der Waals surface area (Å²) in [6, 6.07) is 8.46. The molecule has 0 saturated carbocycles. The number of benzene rings is 1. The molecule has 1 aromatic carbocycles. The lowest BCUT2D eigenvalue weighted by molar-refractivity contribution is 0.415. The van der Waals surface area contributed by atoms with Crippen LogP contribution in [-0.4, -0.2) is 35.8 Å². The van der Waals surface area contributed by atoms with E-state index in [0.717, 1.165) is 12.3 Å². The fourth-order valence-electron chi connectivity index (χ4n) is 2.99. The first-order valence-electron chi connectivity index (χ1n) is 7.00. The van der Waals surface area contributed by atoms with E-state index in [-0.39, 0.29) is 0 Å². The summed E-state index contributed by atoms with van der Waals surface area (Å²) in [7, 11) is 1.71. The van der Waals surface area contributed by atoms with Gasteiger partial charge in [0.1, 0.15) is 5.75 Å². The highest BCUT2D eigenvalue weighted by Gasteiger charge is 2.44. The van der Waals surface area contributed by atoms with Crippen LogP contribution in [0.4, 0.5) is 5.69 Å². The summed E-state index contributed by atoms with van der Waals surface area (Å²) in [5.41, 5.74) is 2.63. The number of hydrogen-bond acceptors (Lipinski definition) is 4. The van der Waals surface area contributed by atoms with E-state index in [9.17, 15) is 0 Å². The first kappa shape index (κ1) is 14.2. The number of anilines is 1. The van der Waals surface area contributed by atoms with Crippen LogP contribution in [0.15, 0.2) is 36.4 Å². The molecule has 0 aromatic heterocycles. The fraction of sp³-hybridized carbons (Fsp3) is 0.500. The Morgan fingerprint density at radius 1 is 1.25 bits per heavy atom. The number of thioether (sulfide) groups is 2. The van der Waals surface area contributed by atoms with E-state index < -0.39 is 0 Å². The smallest absolute Gasteiger partial charge is 0.119 e. The van der Waals surface area contributed by atoms with Crippen molar-refractivity contribution in [1.82, 2.24) is 0 Å². The third-order valence-electron chi connectivity index (χ3n) is 4.10. The number of nitrogens with zero attached hydrogens (tertiary/aromatic N) is 1. The molecular weight excluding hydrogens is 286 g/mol. The first-order chi connectivity index (χ1) is 9.70. The van der Waals surface area contributed by atoms with Gasteiger partial charge in [-0.15, -0.1) is 11.8 Å². The Labute approximate surface area is 129 Å². The third kappa shape index (κ3) is 2.56. The van der Waals surface area contributed by atoms with Crippen LogP contribution in [-0.2, 0) is 0 Å². The van der Waals surface area contributed by atoms with Crippen molar-refractivity contribution >= 4 is 29.2 Å². The van der Waals surface area contributed by atoms with Crippen LogP contribution in [0, 0.1) is 5.92 Å². The minimum atomic E-state index is 0.587. The van der Waals surface area contributed by atoms with Crippen molar-refractivity contribution in [2.45, 2.75) is 17.5 Å². The van der Waals surface area contributed by atoms with Crippen molar-refractivity contribution < 1.29 is 4.74 Å². The molecule has 0 unspecified atom stereocenters. The molecular formula is C16H21NOS2. The molecule has 1 aromatic rings. The topological polar surface area (TPSA) is 12.5 Å². The van der Waals surface area contributed by atoms with Gasteiger partial charge < -0.3 is 9.64 Å². The molecule has 108 valence electrons. The van der Waals surface area contributed by atoms with E-state index in [0.29, 0.717) is 16.5 Å². The molecule has 2 heterocycles. The maximum Gasteiger partial charge on any atom is 0.119 e. The molecule has 2 aliphatic heterocycles. The zero-order valence-electron chi connectivity index (χ0n) is 12.0. The van der Waals surface area contributed by atoms with Crippen LogP contribution < -0.4 is 9.64 Å². The van der Waals surface area contributed by atoms with Crippen LogP contribution in [0.5, 0.6) is 5.75 Å². The molecule has 3 atom stereocenters. The van der Waals surface area contributed by atoms with Gasteiger partial charge in [-0.2, -0.15) is 11.8 Å². The quantitative estimate of drug-likeness (QED) is 0.785. The van der Waals surface area contributed by atoms with Gasteiger partial charge >= 0.3 is 0 Å². The van der Waals surface area contributed by atoms with Gasteiger partial charge in [0, 0.05) is 34.9 Å². The highest BCUT2D eigenvalue weighted by molar-refractivity contribution is 8.07. The van der Waals surface area contributed by atoms with Gasteiger partial charge in [0.15, 0.2) is 0 Å². The van der Waals surface area contributed by atoms with Gasteiger partial charge in [0.2, 0.25) is 0 Å². The van der Waals surface area contributed by atoms with Crippen LogP contribution in [0.1, 0.15) is 6.92 Å². The van der Waals surface area contributed by atoms with E-state index in [1.54, 1.807) is 7.11 Å². The van der Waals surface area contributed by atoms with E-state index in [1.165, 1.54) is 22.8 Å². The molecule has 0 aliphatic carbocycles. The van der Waals surface area contributed by atoms with E-state index in [4.69, 9.17) is 4.74 Å². The molecule has 2 fully saturated rings. The summed E-state index contributed by atoms with van der Waals surface area (Å²) < 4.78 is 5.26. The maximum absolute atomic E-state index is 5.26. The molecule has 4 heteroatoms. The average molecular weight is 307 g/mol. The zero-order chi connectivity index (χ0) is 14.1. The normalized spacial score (nSPS) is 29.1. The zero-order valence-corrected chi connectivity index (χ0v) is 13.7. The Morgan fingerprint density at radius 3 is 2.60 bits per heavy atom. The number of fused-ring (bicyclic) bond motifs is 1. The molecule has 0 radical (unpaired) electrons. The highest BCUT2D eigenvalue weighted by atomic mass is 32.2. The minimum absolute atomic E-state index is 0.587. The second-order valence-electron chi connectivity index (χ2n) is 5.40. The SMILES string of the molecule is C=C(C)[C@@H]1CN(c2ccc(OC)cc2)[C@H]2SCCS[C@@H]12. The molecule has 0 amide bonds. The summed E-state index contributed by atoms with van der Waals surface area (Å²) in [6.07, 6.45) is 0. The lowest BCUT2D eigenvalue weighted by Crippen LogP contribution is -2.34. The van der Waals surface area contributed by atoms with Crippen molar-refractivity contribution in [1.29, 1.82) is 0 Å². The van der Waals surface area contributed by atoms with Gasteiger partial charge in [-0.1, -0.05) is 12.2 Å². The van der Waals surface area contributed by atoms with Gasteiger partial charge in [0.25, 0.3) is 0 Å². The molecule has 2 aliphatic rings. The molecule has 0 spiro atoms. The highest BCUT2D eigenvalue weighted by Crippen LogP contribution is 2.46. The number of methoxy groups -OCH3 is 1. The monoisotopic (exact) mass is 307 g/mol. The third-order valence-corrected chi connectivity index (χ3v) is 7.27. The molecule has 0 N–H and O–H groups in total. The fourth-order valence-corrected chi connectivity index (χ4v) is 6.38. The lowest BCUT2D eigenvalue weighted by atomic mass is 10.0. The van der Waals surface area contributed by atoms with Crippen molar-refractivity contribution in [2.24, 2.45) is 5.92 Å². The van der Waals surface area contributed by atoms with Crippen molar-refractivity contribution in [2.75, 3.05) is 30.1 Å². The Balaban J connectivity index is 1.86. The number of ether oxygens (including phenoxy) is 1. The Morgan fingerprint density at radius 2 is 1.95 bits per heavy atom. The van der Waals surface area contributed by atoms with E-state index in [1.807, 2.05) is 0 Å². The second kappa shape index (κ2) is 5.94. The predicted octanol–water partition coefficient (Wildman–Crippen LogP) is 3.88. The van der Waals surface area contributed by atoms with Gasteiger partial charge in [-0.3, -0.25) is 0 Å². The summed E-state index contributed by atoms with van der Waals surface area (Å²) in [6.45, 7) is 7.49. The van der Waals surface area contributed by atoms with Gasteiger partial charge in [0.05, 0.1) is 12.5 Å². The average Bonchev–Trinajstić information content (AvgIpc) is 2.87. The van der Waals surface area contributed by atoms with Crippen molar-refractivity contribution in [3.05, 3.63) is 36.4 Å². The Hall–Kier alpha value is -0.740. The number of rotatable bonds is 3. The summed E-state index contributed by atoms with van der Waals surface area (Å²) in [5, 5.41) is 1.28. The first-order valence-corrected chi connectivity index (χ1v) is 9.10. The molecule has 3 rings (SSSR count). The summed E-state index contributed by atoms with van der Waals surface area (Å²) in [4.78, 5) is 2.56. The van der Waals surface area contributed by atoms with Crippen LogP contribution in [0.25, 0.3) is 0 Å². The molecule has 2 nitrogen and oxygen atoms in total. The Kier molecular flexibility index (Phi) is 4.22. The molecule has 0 bridgehead atoms. The van der Waals surface area contributed by atoms with Gasteiger partial charge in [-0.05, 0) is 31.2 Å². The van der Waals surface area contributed by atoms with E-state index >= 15 is 0 Å². The minimum Gasteiger partial charge on any atom is -0.497 e. The van der Waals surface area contributed by atoms with Crippen molar-refractivity contribution in [3.63, 3.8) is 0 Å². The van der Waals surface area contributed by atoms with Gasteiger partial charge in [-0.25, -0.2) is 0 Å². The summed E-state index contributed by atoms with van der Waals surface area (Å²) in [5.74, 6) is 4.06. The number of hydrogen-bond donors (Lipinski definition) is 0. The standard InChI is InChI=1S/C16H21NOS2/c1-11(2)14-10-17(16-15(14)19-8-9-20-16)12-4-6-13(18-3)7-5-12/h4-7,14-16H,1,8-10H2,2-3H3/t14-,15-,16-/m0/s1. The summed E-state index contributed by atoms with van der Waals surface area (Å²) >= 11 is 4.23. The molecule has 2 saturated heterocycles. The van der Waals surface area contributed by atoms with Crippen LogP contribution in [0.3, 0.4) is 0 Å². The van der Waals surface area contributed by atoms with E-state index in [2.05, 4.69) is 66.2 Å². The Bertz CT molecular complexity index is 488. The molecule has 20 heavy (non-hydrogen) atoms. The predicted molar refractivity (Wildman–Crippen MR) is 91.1 cm³/mol. The maximum atomic E-state index is 5.26. The second-order valence-corrected chi connectivity index (χ2v) is 7.91. The lowest BCUT2D eigenvalue weighted by Gasteiger charge is -2.32. The van der Waals surface area contributed by atoms with Crippen LogP contribution >= 0.6 is 23.5 Å². The largest absolute Gasteiger partial charge is 0.497 e. The van der Waals surface area contributed by atoms with Crippen LogP contribution in [0.2, 0.25) is 0 Å². The van der Waals surface area contributed by atoms with Crippen molar-refractivity contribution in [3.8, 4) is 5.75 Å².